The SMILES string of the molecule is C[C@H]1OCCN[C@@H]1C(=O)NCc1ccc(S(=O)(=O)N2CCOCC2)cc1. The van der Waals surface area contributed by atoms with Crippen molar-refractivity contribution in [2.24, 2.45) is 0 Å². The summed E-state index contributed by atoms with van der Waals surface area (Å²) in [5, 5.41) is 6.00. The smallest absolute Gasteiger partial charge is 0.243 e. The van der Waals surface area contributed by atoms with Gasteiger partial charge in [-0.25, -0.2) is 8.42 Å². The molecule has 2 atom stereocenters. The minimum atomic E-state index is -3.50. The van der Waals surface area contributed by atoms with Crippen LogP contribution in [0, 0.1) is 0 Å². The molecule has 8 nitrogen and oxygen atoms in total. The summed E-state index contributed by atoms with van der Waals surface area (Å²) in [5.74, 6) is -0.123. The predicted molar refractivity (Wildman–Crippen MR) is 95.1 cm³/mol. The molecule has 2 aliphatic heterocycles. The van der Waals surface area contributed by atoms with E-state index in [2.05, 4.69) is 10.6 Å². The number of ether oxygens (including phenoxy) is 2. The van der Waals surface area contributed by atoms with E-state index in [0.717, 1.165) is 5.56 Å². The predicted octanol–water partition coefficient (Wildman–Crippen LogP) is -0.299. The number of sulfonamides is 1. The number of nitrogens with one attached hydrogen (secondary N) is 2. The van der Waals surface area contributed by atoms with Gasteiger partial charge in [0.1, 0.15) is 6.04 Å². The molecule has 0 aliphatic carbocycles. The van der Waals surface area contributed by atoms with Gasteiger partial charge in [0.2, 0.25) is 15.9 Å². The van der Waals surface area contributed by atoms with Crippen molar-refractivity contribution < 1.29 is 22.7 Å². The third kappa shape index (κ3) is 4.41. The van der Waals surface area contributed by atoms with E-state index in [4.69, 9.17) is 9.47 Å². The van der Waals surface area contributed by atoms with Crippen molar-refractivity contribution in [3.8, 4) is 0 Å². The van der Waals surface area contributed by atoms with Crippen molar-refractivity contribution in [1.82, 2.24) is 14.9 Å². The fourth-order valence-corrected chi connectivity index (χ4v) is 4.45. The number of nitrogens with zero attached hydrogens (tertiary/aromatic N) is 1. The van der Waals surface area contributed by atoms with Gasteiger partial charge in [-0.05, 0) is 24.6 Å². The van der Waals surface area contributed by atoms with E-state index in [1.807, 2.05) is 6.92 Å². The van der Waals surface area contributed by atoms with Crippen LogP contribution in [0.4, 0.5) is 0 Å². The van der Waals surface area contributed by atoms with Crippen LogP contribution in [0.3, 0.4) is 0 Å². The third-order valence-electron chi connectivity index (χ3n) is 4.60. The van der Waals surface area contributed by atoms with Crippen LogP contribution >= 0.6 is 0 Å². The minimum absolute atomic E-state index is 0.123. The summed E-state index contributed by atoms with van der Waals surface area (Å²) in [5.41, 5.74) is 0.837. The second-order valence-electron chi connectivity index (χ2n) is 6.39. The lowest BCUT2D eigenvalue weighted by Crippen LogP contribution is -2.55. The molecule has 1 amide bonds. The normalized spacial score (nSPS) is 25.0. The van der Waals surface area contributed by atoms with E-state index in [9.17, 15) is 13.2 Å². The first-order valence-corrected chi connectivity index (χ1v) is 10.2. The minimum Gasteiger partial charge on any atom is -0.379 e. The van der Waals surface area contributed by atoms with Gasteiger partial charge in [0.15, 0.2) is 0 Å². The number of hydrogen-bond donors (Lipinski definition) is 2. The fraction of sp³-hybridized carbons (Fsp3) is 0.588. The maximum atomic E-state index is 12.6. The molecule has 0 saturated carbocycles. The first kappa shape index (κ1) is 19.2. The van der Waals surface area contributed by atoms with Gasteiger partial charge >= 0.3 is 0 Å². The molecule has 1 aromatic rings. The van der Waals surface area contributed by atoms with Gasteiger partial charge in [0.05, 0.1) is 30.8 Å². The average Bonchev–Trinajstić information content (AvgIpc) is 2.67. The Balaban J connectivity index is 1.58. The van der Waals surface area contributed by atoms with Crippen LogP contribution in [0.2, 0.25) is 0 Å². The topological polar surface area (TPSA) is 97.0 Å². The summed E-state index contributed by atoms with van der Waals surface area (Å²) in [7, 11) is -3.50. The number of carbonyl (C=O) groups is 1. The van der Waals surface area contributed by atoms with Gasteiger partial charge in [0.25, 0.3) is 0 Å². The molecule has 0 aromatic heterocycles. The van der Waals surface area contributed by atoms with Crippen molar-refractivity contribution in [3.63, 3.8) is 0 Å². The van der Waals surface area contributed by atoms with Gasteiger partial charge in [-0.1, -0.05) is 12.1 Å². The van der Waals surface area contributed by atoms with Gasteiger partial charge in [-0.2, -0.15) is 4.31 Å². The van der Waals surface area contributed by atoms with Gasteiger partial charge in [-0.3, -0.25) is 4.79 Å². The summed E-state index contributed by atoms with van der Waals surface area (Å²) in [6.45, 7) is 5.02. The maximum Gasteiger partial charge on any atom is 0.243 e. The molecule has 3 rings (SSSR count). The Morgan fingerprint density at radius 3 is 2.58 bits per heavy atom. The van der Waals surface area contributed by atoms with E-state index in [-0.39, 0.29) is 22.9 Å². The molecular weight excluding hydrogens is 358 g/mol. The van der Waals surface area contributed by atoms with Crippen molar-refractivity contribution >= 4 is 15.9 Å². The van der Waals surface area contributed by atoms with Crippen LogP contribution in [0.25, 0.3) is 0 Å². The van der Waals surface area contributed by atoms with Crippen molar-refractivity contribution in [2.45, 2.75) is 30.5 Å². The number of benzene rings is 1. The highest BCUT2D eigenvalue weighted by atomic mass is 32.2. The largest absolute Gasteiger partial charge is 0.379 e. The molecule has 26 heavy (non-hydrogen) atoms. The highest BCUT2D eigenvalue weighted by Crippen LogP contribution is 2.17. The second kappa shape index (κ2) is 8.45. The molecule has 2 saturated heterocycles. The summed E-state index contributed by atoms with van der Waals surface area (Å²) >= 11 is 0. The lowest BCUT2D eigenvalue weighted by molar-refractivity contribution is -0.129. The summed E-state index contributed by atoms with van der Waals surface area (Å²) in [4.78, 5) is 12.5. The van der Waals surface area contributed by atoms with Crippen LogP contribution in [0.15, 0.2) is 29.2 Å². The number of hydrogen-bond acceptors (Lipinski definition) is 6. The first-order chi connectivity index (χ1) is 12.5. The lowest BCUT2D eigenvalue weighted by Gasteiger charge is -2.29. The van der Waals surface area contributed by atoms with Crippen molar-refractivity contribution in [2.75, 3.05) is 39.5 Å². The standard InChI is InChI=1S/C17H25N3O5S/c1-13-16(18-6-9-25-13)17(21)19-12-14-2-4-15(5-3-14)26(22,23)20-7-10-24-11-8-20/h2-5,13,16,18H,6-12H2,1H3,(H,19,21)/t13-,16+/m1/s1. The molecular formula is C17H25N3O5S. The zero-order valence-corrected chi connectivity index (χ0v) is 15.6. The Labute approximate surface area is 153 Å². The molecule has 2 heterocycles. The molecule has 0 radical (unpaired) electrons. The lowest BCUT2D eigenvalue weighted by atomic mass is 10.1. The molecule has 2 fully saturated rings. The van der Waals surface area contributed by atoms with Crippen LogP contribution in [0.1, 0.15) is 12.5 Å². The van der Waals surface area contributed by atoms with Gasteiger partial charge < -0.3 is 20.1 Å². The van der Waals surface area contributed by atoms with Crippen LogP contribution < -0.4 is 10.6 Å². The zero-order chi connectivity index (χ0) is 18.6. The number of morpholine rings is 2. The number of carbonyl (C=O) groups excluding carboxylic acids is 1. The Bertz CT molecular complexity index is 716. The summed E-state index contributed by atoms with van der Waals surface area (Å²) < 4.78 is 37.3. The molecule has 2 N–H and O–H groups in total. The van der Waals surface area contributed by atoms with Crippen molar-refractivity contribution in [3.05, 3.63) is 29.8 Å². The molecule has 1 aromatic carbocycles. The Kier molecular flexibility index (Phi) is 6.25. The Morgan fingerprint density at radius 1 is 1.23 bits per heavy atom. The molecule has 9 heteroatoms. The average molecular weight is 383 g/mol. The van der Waals surface area contributed by atoms with E-state index < -0.39 is 10.0 Å². The number of amides is 1. The number of rotatable bonds is 5. The maximum absolute atomic E-state index is 12.6. The summed E-state index contributed by atoms with van der Waals surface area (Å²) in [6.07, 6.45) is -0.176. The zero-order valence-electron chi connectivity index (χ0n) is 14.8. The molecule has 2 aliphatic rings. The monoisotopic (exact) mass is 383 g/mol. The third-order valence-corrected chi connectivity index (χ3v) is 6.51. The highest BCUT2D eigenvalue weighted by Gasteiger charge is 2.28. The quantitative estimate of drug-likeness (QED) is 0.725. The molecule has 144 valence electrons. The second-order valence-corrected chi connectivity index (χ2v) is 8.32. The molecule has 0 spiro atoms. The van der Waals surface area contributed by atoms with E-state index in [1.54, 1.807) is 24.3 Å². The van der Waals surface area contributed by atoms with Gasteiger partial charge in [-0.15, -0.1) is 0 Å². The molecule has 0 unspecified atom stereocenters. The van der Waals surface area contributed by atoms with E-state index in [0.29, 0.717) is 46.0 Å². The van der Waals surface area contributed by atoms with Gasteiger partial charge in [0, 0.05) is 26.2 Å². The van der Waals surface area contributed by atoms with E-state index in [1.165, 1.54) is 4.31 Å². The summed E-state index contributed by atoms with van der Waals surface area (Å²) in [6, 6.07) is 6.24. The van der Waals surface area contributed by atoms with Crippen LogP contribution in [-0.4, -0.2) is 70.2 Å². The van der Waals surface area contributed by atoms with Crippen LogP contribution in [0.5, 0.6) is 0 Å². The highest BCUT2D eigenvalue weighted by molar-refractivity contribution is 7.89. The van der Waals surface area contributed by atoms with E-state index >= 15 is 0 Å². The van der Waals surface area contributed by atoms with Crippen LogP contribution in [-0.2, 0) is 30.8 Å². The van der Waals surface area contributed by atoms with Crippen molar-refractivity contribution in [1.29, 1.82) is 0 Å². The first-order valence-electron chi connectivity index (χ1n) is 8.78. The molecule has 0 bridgehead atoms. The Morgan fingerprint density at radius 2 is 1.92 bits per heavy atom. The Hall–Kier alpha value is -1.52. The fourth-order valence-electron chi connectivity index (χ4n) is 3.04.